The summed E-state index contributed by atoms with van der Waals surface area (Å²) >= 11 is 6.47. The van der Waals surface area contributed by atoms with Crippen LogP contribution in [0.25, 0.3) is 0 Å². The average Bonchev–Trinajstić information content (AvgIpc) is 2.46. The number of halogens is 1. The normalized spacial score (nSPS) is 18.0. The van der Waals surface area contributed by atoms with Gasteiger partial charge in [-0.15, -0.1) is 0 Å². The quantitative estimate of drug-likeness (QED) is 0.868. The van der Waals surface area contributed by atoms with Crippen LogP contribution in [0.4, 0.5) is 5.69 Å². The van der Waals surface area contributed by atoms with Crippen molar-refractivity contribution >= 4 is 17.3 Å². The van der Waals surface area contributed by atoms with Gasteiger partial charge >= 0.3 is 0 Å². The number of aliphatic hydroxyl groups excluding tert-OH is 1. The Labute approximate surface area is 126 Å². The van der Waals surface area contributed by atoms with E-state index < -0.39 is 0 Å². The van der Waals surface area contributed by atoms with E-state index in [1.165, 1.54) is 0 Å². The lowest BCUT2D eigenvalue weighted by atomic mass is 10.0. The predicted molar refractivity (Wildman–Crippen MR) is 84.7 cm³/mol. The first-order chi connectivity index (χ1) is 9.63. The summed E-state index contributed by atoms with van der Waals surface area (Å²) in [5.41, 5.74) is 2.22. The topological polar surface area (TPSA) is 38.7 Å². The van der Waals surface area contributed by atoms with Crippen molar-refractivity contribution in [1.29, 1.82) is 0 Å². The number of benzene rings is 1. The molecule has 1 saturated heterocycles. The molecule has 1 aliphatic rings. The molecule has 0 aliphatic carbocycles. The molecule has 2 N–H and O–H groups in total. The monoisotopic (exact) mass is 297 g/mol. The van der Waals surface area contributed by atoms with Crippen LogP contribution in [0.15, 0.2) is 18.2 Å². The minimum Gasteiger partial charge on any atom is -0.396 e. The minimum absolute atomic E-state index is 0.181. The molecular weight excluding hydrogens is 274 g/mol. The summed E-state index contributed by atoms with van der Waals surface area (Å²) in [7, 11) is 4.01. The van der Waals surface area contributed by atoms with E-state index in [9.17, 15) is 5.11 Å². The summed E-state index contributed by atoms with van der Waals surface area (Å²) in [4.78, 5) is 4.45. The summed E-state index contributed by atoms with van der Waals surface area (Å²) in [6.45, 7) is 4.16. The van der Waals surface area contributed by atoms with Crippen molar-refractivity contribution in [3.63, 3.8) is 0 Å². The molecule has 20 heavy (non-hydrogen) atoms. The van der Waals surface area contributed by atoms with Gasteiger partial charge in [0, 0.05) is 63.6 Å². The molecule has 0 spiro atoms. The van der Waals surface area contributed by atoms with Gasteiger partial charge in [-0.3, -0.25) is 4.90 Å². The van der Waals surface area contributed by atoms with Crippen LogP contribution in [-0.2, 0) is 0 Å². The molecule has 0 radical (unpaired) electrons. The second kappa shape index (κ2) is 7.27. The summed E-state index contributed by atoms with van der Waals surface area (Å²) in [6.07, 6.45) is 0.723. The van der Waals surface area contributed by atoms with E-state index in [1.807, 2.05) is 25.1 Å². The highest BCUT2D eigenvalue weighted by Gasteiger charge is 2.23. The summed E-state index contributed by atoms with van der Waals surface area (Å²) < 4.78 is 0. The van der Waals surface area contributed by atoms with Crippen molar-refractivity contribution in [1.82, 2.24) is 10.2 Å². The van der Waals surface area contributed by atoms with Gasteiger partial charge in [0.2, 0.25) is 0 Å². The molecular formula is C15H24ClN3O. The van der Waals surface area contributed by atoms with Gasteiger partial charge in [-0.25, -0.2) is 0 Å². The third kappa shape index (κ3) is 3.64. The van der Waals surface area contributed by atoms with Crippen LogP contribution in [-0.4, -0.2) is 56.9 Å². The lowest BCUT2D eigenvalue weighted by molar-refractivity contribution is 0.141. The SMILES string of the molecule is CN(C)c1ccc([C@H](CCO)N2CCNCC2)c(Cl)c1. The molecule has 1 aliphatic heterocycles. The molecule has 0 unspecified atom stereocenters. The predicted octanol–water partition coefficient (Wildman–Crippen LogP) is 1.73. The molecule has 0 saturated carbocycles. The molecule has 1 heterocycles. The Morgan fingerprint density at radius 3 is 2.60 bits per heavy atom. The third-order valence-electron chi connectivity index (χ3n) is 3.85. The van der Waals surface area contributed by atoms with E-state index in [-0.39, 0.29) is 12.6 Å². The molecule has 4 nitrogen and oxygen atoms in total. The molecule has 1 atom stereocenters. The van der Waals surface area contributed by atoms with Gasteiger partial charge in [0.1, 0.15) is 0 Å². The highest BCUT2D eigenvalue weighted by Crippen LogP contribution is 2.32. The van der Waals surface area contributed by atoms with Gasteiger partial charge in [0.05, 0.1) is 0 Å². The lowest BCUT2D eigenvalue weighted by Gasteiger charge is -2.35. The van der Waals surface area contributed by atoms with Crippen LogP contribution in [0.2, 0.25) is 5.02 Å². The summed E-state index contributed by atoms with van der Waals surface area (Å²) in [5, 5.41) is 13.5. The molecule has 0 bridgehead atoms. The Hall–Kier alpha value is -0.810. The molecule has 0 amide bonds. The smallest absolute Gasteiger partial charge is 0.0474 e. The van der Waals surface area contributed by atoms with Crippen LogP contribution >= 0.6 is 11.6 Å². The highest BCUT2D eigenvalue weighted by molar-refractivity contribution is 6.31. The molecule has 5 heteroatoms. The van der Waals surface area contributed by atoms with Gasteiger partial charge in [-0.2, -0.15) is 0 Å². The Balaban J connectivity index is 2.24. The fraction of sp³-hybridized carbons (Fsp3) is 0.600. The second-order valence-electron chi connectivity index (χ2n) is 5.41. The first kappa shape index (κ1) is 15.6. The Morgan fingerprint density at radius 2 is 2.05 bits per heavy atom. The number of nitrogens with zero attached hydrogens (tertiary/aromatic N) is 2. The maximum atomic E-state index is 9.37. The molecule has 112 valence electrons. The first-order valence-corrected chi connectivity index (χ1v) is 7.53. The van der Waals surface area contributed by atoms with Crippen molar-refractivity contribution in [2.24, 2.45) is 0 Å². The summed E-state index contributed by atoms with van der Waals surface area (Å²) in [6, 6.07) is 6.39. The van der Waals surface area contributed by atoms with E-state index in [4.69, 9.17) is 11.6 Å². The fourth-order valence-corrected chi connectivity index (χ4v) is 3.02. The number of rotatable bonds is 5. The van der Waals surface area contributed by atoms with Crippen molar-refractivity contribution in [2.45, 2.75) is 12.5 Å². The van der Waals surface area contributed by atoms with E-state index in [2.05, 4.69) is 22.3 Å². The molecule has 1 aromatic rings. The Kier molecular flexibility index (Phi) is 5.66. The van der Waals surface area contributed by atoms with Gasteiger partial charge in [-0.1, -0.05) is 17.7 Å². The van der Waals surface area contributed by atoms with Crippen molar-refractivity contribution in [3.05, 3.63) is 28.8 Å². The van der Waals surface area contributed by atoms with Crippen LogP contribution in [0.1, 0.15) is 18.0 Å². The maximum Gasteiger partial charge on any atom is 0.0474 e. The van der Waals surface area contributed by atoms with Crippen LogP contribution in [0.5, 0.6) is 0 Å². The second-order valence-corrected chi connectivity index (χ2v) is 5.82. The van der Waals surface area contributed by atoms with Crippen molar-refractivity contribution in [3.8, 4) is 0 Å². The van der Waals surface area contributed by atoms with Gasteiger partial charge in [-0.05, 0) is 24.1 Å². The van der Waals surface area contributed by atoms with E-state index >= 15 is 0 Å². The van der Waals surface area contributed by atoms with Crippen molar-refractivity contribution in [2.75, 3.05) is 51.8 Å². The zero-order chi connectivity index (χ0) is 14.5. The van der Waals surface area contributed by atoms with Gasteiger partial charge in [0.15, 0.2) is 0 Å². The Morgan fingerprint density at radius 1 is 1.35 bits per heavy atom. The minimum atomic E-state index is 0.181. The zero-order valence-electron chi connectivity index (χ0n) is 12.3. The first-order valence-electron chi connectivity index (χ1n) is 7.16. The fourth-order valence-electron chi connectivity index (χ4n) is 2.72. The van der Waals surface area contributed by atoms with E-state index in [0.29, 0.717) is 0 Å². The summed E-state index contributed by atoms with van der Waals surface area (Å²) in [5.74, 6) is 0. The van der Waals surface area contributed by atoms with Gasteiger partial charge in [0.25, 0.3) is 0 Å². The van der Waals surface area contributed by atoms with Crippen LogP contribution in [0.3, 0.4) is 0 Å². The van der Waals surface area contributed by atoms with Crippen LogP contribution < -0.4 is 10.2 Å². The maximum absolute atomic E-state index is 9.37. The molecule has 0 aromatic heterocycles. The largest absolute Gasteiger partial charge is 0.396 e. The third-order valence-corrected chi connectivity index (χ3v) is 4.18. The average molecular weight is 298 g/mol. The zero-order valence-corrected chi connectivity index (χ0v) is 13.0. The molecule has 1 aromatic carbocycles. The van der Waals surface area contributed by atoms with Crippen molar-refractivity contribution < 1.29 is 5.11 Å². The van der Waals surface area contributed by atoms with Crippen LogP contribution in [0, 0.1) is 0 Å². The van der Waals surface area contributed by atoms with E-state index in [1.54, 1.807) is 0 Å². The standard InChI is InChI=1S/C15H24ClN3O/c1-18(2)12-3-4-13(14(16)11-12)15(5-10-20)19-8-6-17-7-9-19/h3-4,11,15,17,20H,5-10H2,1-2H3/t15-/m0/s1. The van der Waals surface area contributed by atoms with E-state index in [0.717, 1.165) is 48.9 Å². The number of anilines is 1. The molecule has 1 fully saturated rings. The van der Waals surface area contributed by atoms with Gasteiger partial charge < -0.3 is 15.3 Å². The number of nitrogens with one attached hydrogen (secondary N) is 1. The molecule has 2 rings (SSSR count). The number of hydrogen-bond acceptors (Lipinski definition) is 4. The Bertz CT molecular complexity index is 433. The number of aliphatic hydroxyl groups is 1. The lowest BCUT2D eigenvalue weighted by Crippen LogP contribution is -2.45. The number of hydrogen-bond donors (Lipinski definition) is 2. The highest BCUT2D eigenvalue weighted by atomic mass is 35.5. The number of piperazine rings is 1.